The lowest BCUT2D eigenvalue weighted by Gasteiger charge is -2.23. The van der Waals surface area contributed by atoms with Gasteiger partial charge in [0.2, 0.25) is 0 Å². The molecule has 1 aliphatic rings. The summed E-state index contributed by atoms with van der Waals surface area (Å²) < 4.78 is 5.13. The zero-order chi connectivity index (χ0) is 14.8. The summed E-state index contributed by atoms with van der Waals surface area (Å²) in [6.45, 7) is 3.72. The fraction of sp³-hybridized carbons (Fsp3) is 0.167. The molecule has 1 N–H and O–H groups in total. The summed E-state index contributed by atoms with van der Waals surface area (Å²) >= 11 is 0. The molecule has 3 heteroatoms. The van der Waals surface area contributed by atoms with Crippen molar-refractivity contribution < 1.29 is 14.6 Å². The van der Waals surface area contributed by atoms with Crippen molar-refractivity contribution in [2.75, 3.05) is 0 Å². The zero-order valence-electron chi connectivity index (χ0n) is 11.5. The largest absolute Gasteiger partial charge is 0.506 e. The number of hydrogen-bond acceptors (Lipinski definition) is 2. The van der Waals surface area contributed by atoms with Crippen molar-refractivity contribution >= 4 is 6.16 Å². The molecular formula is C18H16O3. The Bertz CT molecular complexity index is 645. The Balaban J connectivity index is 2.12. The fourth-order valence-corrected chi connectivity index (χ4v) is 3.14. The molecule has 0 aromatic heterocycles. The molecule has 21 heavy (non-hydrogen) atoms. The van der Waals surface area contributed by atoms with E-state index in [0.29, 0.717) is 6.42 Å². The highest BCUT2D eigenvalue weighted by molar-refractivity contribution is 5.79. The van der Waals surface area contributed by atoms with Gasteiger partial charge >= 0.3 is 6.16 Å². The number of rotatable bonds is 4. The van der Waals surface area contributed by atoms with E-state index in [-0.39, 0.29) is 5.92 Å². The van der Waals surface area contributed by atoms with Crippen molar-refractivity contribution in [2.45, 2.75) is 18.4 Å². The second-order valence-electron chi connectivity index (χ2n) is 5.10. The molecule has 0 heterocycles. The smallest absolute Gasteiger partial charge is 0.450 e. The van der Waals surface area contributed by atoms with Crippen molar-refractivity contribution in [3.8, 4) is 11.1 Å². The van der Waals surface area contributed by atoms with Gasteiger partial charge in [0.15, 0.2) is 0 Å². The topological polar surface area (TPSA) is 46.5 Å². The second kappa shape index (κ2) is 5.44. The van der Waals surface area contributed by atoms with Gasteiger partial charge in [-0.15, -0.1) is 6.58 Å². The van der Waals surface area contributed by atoms with Gasteiger partial charge in [-0.05, 0) is 22.3 Å². The van der Waals surface area contributed by atoms with Crippen LogP contribution in [0.5, 0.6) is 0 Å². The van der Waals surface area contributed by atoms with Crippen molar-refractivity contribution in [3.05, 3.63) is 72.3 Å². The molecule has 0 radical (unpaired) electrons. The van der Waals surface area contributed by atoms with Crippen LogP contribution in [0.1, 0.15) is 23.5 Å². The molecule has 0 fully saturated rings. The van der Waals surface area contributed by atoms with E-state index in [0.717, 1.165) is 22.3 Å². The quantitative estimate of drug-likeness (QED) is 0.665. The number of carboxylic acid groups (broad SMARTS) is 1. The van der Waals surface area contributed by atoms with E-state index in [9.17, 15) is 4.79 Å². The van der Waals surface area contributed by atoms with Gasteiger partial charge in [0.25, 0.3) is 0 Å². The molecule has 0 aliphatic heterocycles. The molecule has 3 nitrogen and oxygen atoms in total. The predicted octanol–water partition coefficient (Wildman–Crippen LogP) is 4.44. The number of carbonyl (C=O) groups is 1. The fourth-order valence-electron chi connectivity index (χ4n) is 3.14. The number of fused-ring (bicyclic) bond motifs is 3. The zero-order valence-corrected chi connectivity index (χ0v) is 11.5. The SMILES string of the molecule is C=CCC(OC(=O)O)C1c2ccccc2-c2ccccc21. The van der Waals surface area contributed by atoms with Crippen molar-refractivity contribution in [1.82, 2.24) is 0 Å². The van der Waals surface area contributed by atoms with E-state index in [1.807, 2.05) is 36.4 Å². The van der Waals surface area contributed by atoms with Crippen LogP contribution in [0.2, 0.25) is 0 Å². The van der Waals surface area contributed by atoms with Gasteiger partial charge in [0.05, 0.1) is 0 Å². The summed E-state index contributed by atoms with van der Waals surface area (Å²) in [6.07, 6.45) is 0.491. The molecule has 0 amide bonds. The normalized spacial score (nSPS) is 14.1. The Morgan fingerprint density at radius 1 is 1.14 bits per heavy atom. The van der Waals surface area contributed by atoms with E-state index in [2.05, 4.69) is 18.7 Å². The van der Waals surface area contributed by atoms with E-state index in [4.69, 9.17) is 9.84 Å². The third-order valence-electron chi connectivity index (χ3n) is 3.90. The summed E-state index contributed by atoms with van der Waals surface area (Å²) in [5.41, 5.74) is 4.54. The van der Waals surface area contributed by atoms with Crippen LogP contribution >= 0.6 is 0 Å². The minimum atomic E-state index is -1.25. The third-order valence-corrected chi connectivity index (χ3v) is 3.90. The molecule has 2 aromatic rings. The van der Waals surface area contributed by atoms with Crippen molar-refractivity contribution in [1.29, 1.82) is 0 Å². The van der Waals surface area contributed by atoms with Crippen LogP contribution in [-0.4, -0.2) is 17.4 Å². The summed E-state index contributed by atoms with van der Waals surface area (Å²) in [7, 11) is 0. The van der Waals surface area contributed by atoms with E-state index < -0.39 is 12.3 Å². The minimum absolute atomic E-state index is 0.0773. The van der Waals surface area contributed by atoms with Gasteiger partial charge in [-0.1, -0.05) is 54.6 Å². The molecular weight excluding hydrogens is 264 g/mol. The van der Waals surface area contributed by atoms with Gasteiger partial charge in [0, 0.05) is 12.3 Å². The highest BCUT2D eigenvalue weighted by Gasteiger charge is 2.35. The van der Waals surface area contributed by atoms with Crippen LogP contribution < -0.4 is 0 Å². The van der Waals surface area contributed by atoms with Crippen molar-refractivity contribution in [3.63, 3.8) is 0 Å². The molecule has 1 aliphatic carbocycles. The maximum atomic E-state index is 11.0. The Labute approximate surface area is 123 Å². The van der Waals surface area contributed by atoms with Crippen LogP contribution in [0.15, 0.2) is 61.2 Å². The average molecular weight is 280 g/mol. The van der Waals surface area contributed by atoms with Crippen LogP contribution in [0, 0.1) is 0 Å². The van der Waals surface area contributed by atoms with Crippen LogP contribution in [0.3, 0.4) is 0 Å². The van der Waals surface area contributed by atoms with Crippen LogP contribution in [0.4, 0.5) is 4.79 Å². The summed E-state index contributed by atoms with van der Waals surface area (Å²) in [6, 6.07) is 16.2. The third kappa shape index (κ3) is 2.31. The van der Waals surface area contributed by atoms with E-state index >= 15 is 0 Å². The van der Waals surface area contributed by atoms with Crippen LogP contribution in [-0.2, 0) is 4.74 Å². The van der Waals surface area contributed by atoms with Gasteiger partial charge in [-0.25, -0.2) is 4.79 Å². The monoisotopic (exact) mass is 280 g/mol. The predicted molar refractivity (Wildman–Crippen MR) is 81.4 cm³/mol. The second-order valence-corrected chi connectivity index (χ2v) is 5.10. The summed E-state index contributed by atoms with van der Waals surface area (Å²) in [4.78, 5) is 11.0. The van der Waals surface area contributed by atoms with E-state index in [1.165, 1.54) is 0 Å². The first-order valence-electron chi connectivity index (χ1n) is 6.91. The molecule has 3 rings (SSSR count). The Morgan fingerprint density at radius 2 is 1.67 bits per heavy atom. The van der Waals surface area contributed by atoms with Gasteiger partial charge in [-0.3, -0.25) is 0 Å². The molecule has 0 saturated carbocycles. The maximum Gasteiger partial charge on any atom is 0.506 e. The lowest BCUT2D eigenvalue weighted by Crippen LogP contribution is -2.24. The Morgan fingerprint density at radius 3 is 2.14 bits per heavy atom. The Kier molecular flexibility index (Phi) is 3.48. The van der Waals surface area contributed by atoms with Gasteiger partial charge < -0.3 is 9.84 Å². The minimum Gasteiger partial charge on any atom is -0.450 e. The first-order valence-corrected chi connectivity index (χ1v) is 6.91. The number of benzene rings is 2. The van der Waals surface area contributed by atoms with E-state index in [1.54, 1.807) is 6.08 Å². The summed E-state index contributed by atoms with van der Waals surface area (Å²) in [5, 5.41) is 9.01. The molecule has 0 spiro atoms. The highest BCUT2D eigenvalue weighted by Crippen LogP contribution is 2.47. The molecule has 2 aromatic carbocycles. The molecule has 1 unspecified atom stereocenters. The van der Waals surface area contributed by atoms with Crippen LogP contribution in [0.25, 0.3) is 11.1 Å². The molecule has 106 valence electrons. The summed E-state index contributed by atoms with van der Waals surface area (Å²) in [5.74, 6) is -0.0773. The molecule has 0 saturated heterocycles. The highest BCUT2D eigenvalue weighted by atomic mass is 16.7. The lowest BCUT2D eigenvalue weighted by atomic mass is 9.89. The Hall–Kier alpha value is -2.55. The molecule has 0 bridgehead atoms. The number of hydrogen-bond donors (Lipinski definition) is 1. The average Bonchev–Trinajstić information content (AvgIpc) is 2.81. The lowest BCUT2D eigenvalue weighted by molar-refractivity contribution is 0.0467. The van der Waals surface area contributed by atoms with Gasteiger partial charge in [-0.2, -0.15) is 0 Å². The van der Waals surface area contributed by atoms with Gasteiger partial charge in [0.1, 0.15) is 6.10 Å². The standard InChI is InChI=1S/C18H16O3/c1-2-7-16(21-18(19)20)17-14-10-5-3-8-12(14)13-9-4-6-11-15(13)17/h2-6,8-11,16-17H,1,7H2,(H,19,20). The maximum absolute atomic E-state index is 11.0. The molecule has 1 atom stereocenters. The first kappa shape index (κ1) is 13.4. The first-order chi connectivity index (χ1) is 10.2. The number of ether oxygens (including phenoxy) is 1. The van der Waals surface area contributed by atoms with Crippen molar-refractivity contribution in [2.24, 2.45) is 0 Å².